The van der Waals surface area contributed by atoms with Gasteiger partial charge >= 0.3 is 0 Å². The SMILES string of the molecule is O=C(Nc1ccccc1Cc1nc(-c2cccs2)no1)C1(c2cccs2)CCCC1. The van der Waals surface area contributed by atoms with Gasteiger partial charge in [-0.3, -0.25) is 4.79 Å². The van der Waals surface area contributed by atoms with Crippen LogP contribution in [0.4, 0.5) is 5.69 Å². The van der Waals surface area contributed by atoms with Gasteiger partial charge in [0.15, 0.2) is 0 Å². The van der Waals surface area contributed by atoms with Crippen molar-refractivity contribution < 1.29 is 9.32 Å². The lowest BCUT2D eigenvalue weighted by atomic mass is 9.83. The molecule has 0 bridgehead atoms. The normalized spacial score (nSPS) is 15.3. The number of aromatic nitrogens is 2. The Morgan fingerprint density at radius 3 is 2.60 bits per heavy atom. The molecule has 1 fully saturated rings. The molecule has 0 radical (unpaired) electrons. The Bertz CT molecular complexity index is 1130. The van der Waals surface area contributed by atoms with Gasteiger partial charge in [0.25, 0.3) is 0 Å². The number of nitrogens with one attached hydrogen (secondary N) is 1. The van der Waals surface area contributed by atoms with Gasteiger partial charge in [-0.25, -0.2) is 0 Å². The molecule has 5 rings (SSSR count). The van der Waals surface area contributed by atoms with Gasteiger partial charge in [-0.05, 0) is 47.4 Å². The summed E-state index contributed by atoms with van der Waals surface area (Å²) in [5.41, 5.74) is 1.35. The lowest BCUT2D eigenvalue weighted by Gasteiger charge is -2.27. The Hall–Kier alpha value is -2.77. The second kappa shape index (κ2) is 8.16. The summed E-state index contributed by atoms with van der Waals surface area (Å²) in [6, 6.07) is 15.9. The van der Waals surface area contributed by atoms with E-state index in [1.165, 1.54) is 0 Å². The second-order valence-corrected chi connectivity index (χ2v) is 9.44. The number of rotatable bonds is 6. The molecule has 7 heteroatoms. The minimum Gasteiger partial charge on any atom is -0.339 e. The van der Waals surface area contributed by atoms with Crippen molar-refractivity contribution in [3.8, 4) is 10.7 Å². The summed E-state index contributed by atoms with van der Waals surface area (Å²) in [5, 5.41) is 11.3. The molecule has 5 nitrogen and oxygen atoms in total. The van der Waals surface area contributed by atoms with Crippen LogP contribution in [0.15, 0.2) is 63.8 Å². The van der Waals surface area contributed by atoms with Crippen LogP contribution in [0, 0.1) is 0 Å². The van der Waals surface area contributed by atoms with E-state index in [0.29, 0.717) is 18.1 Å². The Morgan fingerprint density at radius 2 is 1.83 bits per heavy atom. The van der Waals surface area contributed by atoms with E-state index in [1.807, 2.05) is 47.8 Å². The third kappa shape index (κ3) is 3.59. The molecule has 30 heavy (non-hydrogen) atoms. The average Bonchev–Trinajstić information content (AvgIpc) is 3.57. The summed E-state index contributed by atoms with van der Waals surface area (Å²) in [6.45, 7) is 0. The van der Waals surface area contributed by atoms with Crippen LogP contribution in [0.5, 0.6) is 0 Å². The largest absolute Gasteiger partial charge is 0.339 e. The topological polar surface area (TPSA) is 68.0 Å². The Balaban J connectivity index is 1.38. The third-order valence-electron chi connectivity index (χ3n) is 5.70. The van der Waals surface area contributed by atoms with Crippen LogP contribution < -0.4 is 5.32 Å². The van der Waals surface area contributed by atoms with Crippen LogP contribution >= 0.6 is 22.7 Å². The number of anilines is 1. The van der Waals surface area contributed by atoms with E-state index < -0.39 is 5.41 Å². The lowest BCUT2D eigenvalue weighted by molar-refractivity contribution is -0.121. The van der Waals surface area contributed by atoms with Gasteiger partial charge in [-0.1, -0.05) is 48.3 Å². The zero-order valence-electron chi connectivity index (χ0n) is 16.3. The molecule has 0 spiro atoms. The highest BCUT2D eigenvalue weighted by Crippen LogP contribution is 2.44. The van der Waals surface area contributed by atoms with E-state index in [-0.39, 0.29) is 5.91 Å². The van der Waals surface area contributed by atoms with Gasteiger partial charge in [-0.2, -0.15) is 4.98 Å². The number of thiophene rings is 2. The van der Waals surface area contributed by atoms with Gasteiger partial charge in [0.2, 0.25) is 17.6 Å². The fraction of sp³-hybridized carbons (Fsp3) is 0.261. The predicted octanol–water partition coefficient (Wildman–Crippen LogP) is 5.90. The zero-order chi connectivity index (χ0) is 20.4. The molecule has 1 aliphatic rings. The Labute approximate surface area is 182 Å². The predicted molar refractivity (Wildman–Crippen MR) is 120 cm³/mol. The monoisotopic (exact) mass is 435 g/mol. The van der Waals surface area contributed by atoms with Crippen molar-refractivity contribution in [3.63, 3.8) is 0 Å². The third-order valence-corrected chi connectivity index (χ3v) is 7.64. The van der Waals surface area contributed by atoms with Crippen LogP contribution in [0.1, 0.15) is 42.0 Å². The Morgan fingerprint density at radius 1 is 1.03 bits per heavy atom. The first-order valence-corrected chi connectivity index (χ1v) is 11.8. The molecule has 0 atom stereocenters. The van der Waals surface area contributed by atoms with Crippen LogP contribution in [0.2, 0.25) is 0 Å². The van der Waals surface area contributed by atoms with Crippen molar-refractivity contribution in [1.29, 1.82) is 0 Å². The fourth-order valence-corrected chi connectivity index (χ4v) is 5.78. The second-order valence-electron chi connectivity index (χ2n) is 7.54. The van der Waals surface area contributed by atoms with Gasteiger partial charge in [0, 0.05) is 10.6 Å². The zero-order valence-corrected chi connectivity index (χ0v) is 18.0. The van der Waals surface area contributed by atoms with Crippen LogP contribution in [0.3, 0.4) is 0 Å². The van der Waals surface area contributed by atoms with Crippen LogP contribution in [0.25, 0.3) is 10.7 Å². The smallest absolute Gasteiger partial charge is 0.235 e. The van der Waals surface area contributed by atoms with Crippen molar-refractivity contribution >= 4 is 34.3 Å². The summed E-state index contributed by atoms with van der Waals surface area (Å²) in [5.74, 6) is 1.22. The number of carbonyl (C=O) groups is 1. The molecular weight excluding hydrogens is 414 g/mol. The molecule has 152 valence electrons. The molecular formula is C23H21N3O2S2. The molecule has 1 aliphatic carbocycles. The molecule has 0 saturated heterocycles. The first-order valence-electron chi connectivity index (χ1n) is 10.0. The number of hydrogen-bond acceptors (Lipinski definition) is 6. The average molecular weight is 436 g/mol. The first-order chi connectivity index (χ1) is 14.7. The maximum atomic E-state index is 13.4. The van der Waals surface area contributed by atoms with Crippen LogP contribution in [-0.4, -0.2) is 16.0 Å². The highest BCUT2D eigenvalue weighted by atomic mass is 32.1. The van der Waals surface area contributed by atoms with Gasteiger partial charge in [0.1, 0.15) is 0 Å². The van der Waals surface area contributed by atoms with E-state index in [2.05, 4.69) is 26.9 Å². The molecule has 0 unspecified atom stereocenters. The van der Waals surface area contributed by atoms with E-state index in [0.717, 1.165) is 46.7 Å². The standard InChI is InChI=1S/C23H21N3O2S2/c27-22(23(11-3-4-12-23)19-10-6-14-30-19)24-17-8-2-1-7-16(17)15-20-25-21(26-28-20)18-9-5-13-29-18/h1-2,5-10,13-14H,3-4,11-12,15H2,(H,24,27). The van der Waals surface area contributed by atoms with Crippen molar-refractivity contribution in [1.82, 2.24) is 10.1 Å². The van der Waals surface area contributed by atoms with Gasteiger partial charge < -0.3 is 9.84 Å². The van der Waals surface area contributed by atoms with Crippen molar-refractivity contribution in [3.05, 3.63) is 75.6 Å². The summed E-state index contributed by atoms with van der Waals surface area (Å²) in [4.78, 5) is 20.1. The number of benzene rings is 1. The number of amides is 1. The molecule has 3 heterocycles. The quantitative estimate of drug-likeness (QED) is 0.409. The van der Waals surface area contributed by atoms with Crippen molar-refractivity contribution in [2.75, 3.05) is 5.32 Å². The highest BCUT2D eigenvalue weighted by molar-refractivity contribution is 7.13. The van der Waals surface area contributed by atoms with E-state index >= 15 is 0 Å². The Kier molecular flexibility index (Phi) is 5.23. The summed E-state index contributed by atoms with van der Waals surface area (Å²) in [6.07, 6.45) is 4.44. The number of hydrogen-bond donors (Lipinski definition) is 1. The highest BCUT2D eigenvalue weighted by Gasteiger charge is 2.43. The van der Waals surface area contributed by atoms with E-state index in [4.69, 9.17) is 4.52 Å². The van der Waals surface area contributed by atoms with Crippen molar-refractivity contribution in [2.24, 2.45) is 0 Å². The summed E-state index contributed by atoms with van der Waals surface area (Å²) in [7, 11) is 0. The first kappa shape index (κ1) is 19.2. The minimum absolute atomic E-state index is 0.0831. The summed E-state index contributed by atoms with van der Waals surface area (Å²) < 4.78 is 5.47. The van der Waals surface area contributed by atoms with Gasteiger partial charge in [-0.15, -0.1) is 22.7 Å². The maximum Gasteiger partial charge on any atom is 0.235 e. The number of carbonyl (C=O) groups excluding carboxylic acids is 1. The molecule has 4 aromatic rings. The lowest BCUT2D eigenvalue weighted by Crippen LogP contribution is -2.37. The maximum absolute atomic E-state index is 13.4. The number of para-hydroxylation sites is 1. The molecule has 3 aromatic heterocycles. The molecule has 1 saturated carbocycles. The number of nitrogens with zero attached hydrogens (tertiary/aromatic N) is 2. The molecule has 0 aliphatic heterocycles. The molecule has 1 aromatic carbocycles. The van der Waals surface area contributed by atoms with E-state index in [1.54, 1.807) is 22.7 Å². The van der Waals surface area contributed by atoms with Gasteiger partial charge in [0.05, 0.1) is 16.7 Å². The summed E-state index contributed by atoms with van der Waals surface area (Å²) >= 11 is 3.25. The van der Waals surface area contributed by atoms with E-state index in [9.17, 15) is 4.79 Å². The molecule has 1 N–H and O–H groups in total. The van der Waals surface area contributed by atoms with Crippen LogP contribution in [-0.2, 0) is 16.6 Å². The van der Waals surface area contributed by atoms with Crippen molar-refractivity contribution in [2.45, 2.75) is 37.5 Å². The molecule has 1 amide bonds. The fourth-order valence-electron chi connectivity index (χ4n) is 4.15. The minimum atomic E-state index is -0.419.